The van der Waals surface area contributed by atoms with Crippen LogP contribution in [0, 0.1) is 11.8 Å². The van der Waals surface area contributed by atoms with Crippen molar-refractivity contribution < 1.29 is 14.3 Å². The smallest absolute Gasteiger partial charge is 0.316 e. The molecule has 0 aromatic carbocycles. The molecule has 0 saturated carbocycles. The van der Waals surface area contributed by atoms with Crippen LogP contribution in [0.25, 0.3) is 0 Å². The second-order valence-electron chi connectivity index (χ2n) is 4.47. The molecule has 100 valence electrons. The van der Waals surface area contributed by atoms with Gasteiger partial charge in [0.25, 0.3) is 0 Å². The van der Waals surface area contributed by atoms with Crippen molar-refractivity contribution in [3.05, 3.63) is 0 Å². The summed E-state index contributed by atoms with van der Waals surface area (Å²) in [5.41, 5.74) is 0. The molecule has 0 bridgehead atoms. The van der Waals surface area contributed by atoms with Crippen molar-refractivity contribution in [3.8, 4) is 0 Å². The Morgan fingerprint density at radius 2 is 1.88 bits per heavy atom. The van der Waals surface area contributed by atoms with Gasteiger partial charge in [-0.2, -0.15) is 11.8 Å². The number of ketones is 1. The van der Waals surface area contributed by atoms with Gasteiger partial charge in [-0.25, -0.2) is 0 Å². The normalized spacial score (nSPS) is 12.5. The number of carbonyl (C=O) groups is 2. The minimum absolute atomic E-state index is 0.0101. The summed E-state index contributed by atoms with van der Waals surface area (Å²) in [6, 6.07) is 0. The van der Waals surface area contributed by atoms with Crippen molar-refractivity contribution >= 4 is 23.5 Å². The summed E-state index contributed by atoms with van der Waals surface area (Å²) < 4.78 is 4.94. The molecule has 0 rings (SSSR count). The molecule has 0 aliphatic carbocycles. The Morgan fingerprint density at radius 3 is 2.35 bits per heavy atom. The van der Waals surface area contributed by atoms with Gasteiger partial charge in [-0.3, -0.25) is 9.59 Å². The van der Waals surface area contributed by atoms with E-state index in [9.17, 15) is 9.59 Å². The molecule has 0 aromatic heterocycles. The molecular weight excluding hydrogens is 236 g/mol. The minimum atomic E-state index is -0.556. The number of hydrogen-bond donors (Lipinski definition) is 0. The highest BCUT2D eigenvalue weighted by Crippen LogP contribution is 2.15. The van der Waals surface area contributed by atoms with E-state index in [1.54, 1.807) is 18.7 Å². The second-order valence-corrected chi connectivity index (χ2v) is 5.50. The molecule has 0 aromatic rings. The van der Waals surface area contributed by atoms with Crippen molar-refractivity contribution in [2.45, 2.75) is 40.5 Å². The number of ether oxygens (including phenoxy) is 1. The Morgan fingerprint density at radius 1 is 1.24 bits per heavy atom. The third-order valence-corrected chi connectivity index (χ3v) is 3.62. The molecule has 0 amide bonds. The molecule has 1 unspecified atom stereocenters. The SMILES string of the molecule is CCCC(C(=O)CSCC(C)C)C(=O)OCC. The van der Waals surface area contributed by atoms with Gasteiger partial charge >= 0.3 is 5.97 Å². The van der Waals surface area contributed by atoms with Gasteiger partial charge in [0.05, 0.1) is 12.4 Å². The maximum Gasteiger partial charge on any atom is 0.316 e. The Hall–Kier alpha value is -0.510. The number of Topliss-reactive ketones (excluding diaryl/α,β-unsaturated/α-hetero) is 1. The Bertz CT molecular complexity index is 239. The molecule has 0 spiro atoms. The Balaban J connectivity index is 4.19. The fraction of sp³-hybridized carbons (Fsp3) is 0.846. The highest BCUT2D eigenvalue weighted by Gasteiger charge is 2.26. The van der Waals surface area contributed by atoms with E-state index in [1.807, 2.05) is 6.92 Å². The zero-order valence-corrected chi connectivity index (χ0v) is 12.1. The van der Waals surface area contributed by atoms with Crippen molar-refractivity contribution in [2.75, 3.05) is 18.1 Å². The lowest BCUT2D eigenvalue weighted by molar-refractivity contribution is -0.151. The van der Waals surface area contributed by atoms with Crippen LogP contribution in [0.5, 0.6) is 0 Å². The predicted molar refractivity (Wildman–Crippen MR) is 72.2 cm³/mol. The standard InChI is InChI=1S/C13H24O3S/c1-5-7-11(13(15)16-6-2)12(14)9-17-8-10(3)4/h10-11H,5-9H2,1-4H3. The van der Waals surface area contributed by atoms with E-state index < -0.39 is 5.92 Å². The van der Waals surface area contributed by atoms with E-state index in [-0.39, 0.29) is 11.8 Å². The first-order valence-corrected chi connectivity index (χ1v) is 7.45. The van der Waals surface area contributed by atoms with E-state index in [1.165, 1.54) is 0 Å². The maximum absolute atomic E-state index is 11.9. The molecule has 0 N–H and O–H groups in total. The van der Waals surface area contributed by atoms with Crippen molar-refractivity contribution in [1.29, 1.82) is 0 Å². The van der Waals surface area contributed by atoms with E-state index in [0.29, 0.717) is 24.7 Å². The number of hydrogen-bond acceptors (Lipinski definition) is 4. The summed E-state index contributed by atoms with van der Waals surface area (Å²) in [6.45, 7) is 8.31. The topological polar surface area (TPSA) is 43.4 Å². The van der Waals surface area contributed by atoms with E-state index in [0.717, 1.165) is 12.2 Å². The summed E-state index contributed by atoms with van der Waals surface area (Å²) in [4.78, 5) is 23.5. The van der Waals surface area contributed by atoms with Crippen LogP contribution in [0.2, 0.25) is 0 Å². The molecule has 0 radical (unpaired) electrons. The average Bonchev–Trinajstić information content (AvgIpc) is 2.25. The number of carbonyl (C=O) groups excluding carboxylic acids is 2. The van der Waals surface area contributed by atoms with E-state index in [4.69, 9.17) is 4.74 Å². The van der Waals surface area contributed by atoms with Gasteiger partial charge in [0, 0.05) is 0 Å². The summed E-state index contributed by atoms with van der Waals surface area (Å²) >= 11 is 1.60. The summed E-state index contributed by atoms with van der Waals surface area (Å²) in [5.74, 6) is 1.04. The van der Waals surface area contributed by atoms with E-state index in [2.05, 4.69) is 13.8 Å². The molecule has 0 fully saturated rings. The lowest BCUT2D eigenvalue weighted by Crippen LogP contribution is -2.27. The van der Waals surface area contributed by atoms with Gasteiger partial charge < -0.3 is 4.74 Å². The van der Waals surface area contributed by atoms with Crippen LogP contribution in [-0.4, -0.2) is 29.9 Å². The number of esters is 1. The first-order valence-electron chi connectivity index (χ1n) is 6.29. The molecule has 0 aliphatic heterocycles. The largest absolute Gasteiger partial charge is 0.465 e. The first kappa shape index (κ1) is 16.5. The van der Waals surface area contributed by atoms with Gasteiger partial charge in [-0.05, 0) is 25.0 Å². The molecule has 4 heteroatoms. The monoisotopic (exact) mass is 260 g/mol. The van der Waals surface area contributed by atoms with E-state index >= 15 is 0 Å². The zero-order chi connectivity index (χ0) is 13.3. The lowest BCUT2D eigenvalue weighted by atomic mass is 10.00. The molecule has 3 nitrogen and oxygen atoms in total. The second kappa shape index (κ2) is 9.51. The highest BCUT2D eigenvalue weighted by atomic mass is 32.2. The molecule has 0 heterocycles. The van der Waals surface area contributed by atoms with Crippen LogP contribution >= 0.6 is 11.8 Å². The van der Waals surface area contributed by atoms with Crippen molar-refractivity contribution in [3.63, 3.8) is 0 Å². The van der Waals surface area contributed by atoms with Gasteiger partial charge in [-0.1, -0.05) is 27.2 Å². The van der Waals surface area contributed by atoms with Gasteiger partial charge in [0.15, 0.2) is 5.78 Å². The fourth-order valence-electron chi connectivity index (χ4n) is 1.44. The molecule has 17 heavy (non-hydrogen) atoms. The van der Waals surface area contributed by atoms with Crippen molar-refractivity contribution in [2.24, 2.45) is 11.8 Å². The Labute approximate surface area is 109 Å². The summed E-state index contributed by atoms with van der Waals surface area (Å²) in [6.07, 6.45) is 1.42. The lowest BCUT2D eigenvalue weighted by Gasteiger charge is -2.13. The third kappa shape index (κ3) is 7.42. The highest BCUT2D eigenvalue weighted by molar-refractivity contribution is 7.99. The average molecular weight is 260 g/mol. The van der Waals surface area contributed by atoms with Crippen LogP contribution in [0.4, 0.5) is 0 Å². The van der Waals surface area contributed by atoms with Crippen LogP contribution in [0.3, 0.4) is 0 Å². The molecular formula is C13H24O3S. The summed E-state index contributed by atoms with van der Waals surface area (Å²) in [5, 5.41) is 0. The van der Waals surface area contributed by atoms with Crippen LogP contribution in [0.15, 0.2) is 0 Å². The maximum atomic E-state index is 11.9. The quantitative estimate of drug-likeness (QED) is 0.472. The Kier molecular flexibility index (Phi) is 9.23. The zero-order valence-electron chi connectivity index (χ0n) is 11.3. The van der Waals surface area contributed by atoms with Crippen molar-refractivity contribution in [1.82, 2.24) is 0 Å². The van der Waals surface area contributed by atoms with Gasteiger partial charge in [0.2, 0.25) is 0 Å². The molecule has 1 atom stereocenters. The number of thioether (sulfide) groups is 1. The molecule has 0 aliphatic rings. The van der Waals surface area contributed by atoms with Gasteiger partial charge in [-0.15, -0.1) is 0 Å². The van der Waals surface area contributed by atoms with Gasteiger partial charge in [0.1, 0.15) is 5.92 Å². The summed E-state index contributed by atoms with van der Waals surface area (Å²) in [7, 11) is 0. The number of rotatable bonds is 9. The molecule has 0 saturated heterocycles. The minimum Gasteiger partial charge on any atom is -0.465 e. The van der Waals surface area contributed by atoms with Crippen LogP contribution < -0.4 is 0 Å². The predicted octanol–water partition coefficient (Wildman–Crippen LogP) is 2.92. The fourth-order valence-corrected chi connectivity index (χ4v) is 2.43. The third-order valence-electron chi connectivity index (χ3n) is 2.23. The first-order chi connectivity index (χ1) is 8.02. The van der Waals surface area contributed by atoms with Crippen LogP contribution in [-0.2, 0) is 14.3 Å². The van der Waals surface area contributed by atoms with Crippen LogP contribution in [0.1, 0.15) is 40.5 Å².